The predicted octanol–water partition coefficient (Wildman–Crippen LogP) is 3.81. The summed E-state index contributed by atoms with van der Waals surface area (Å²) >= 11 is 6.15. The number of hydrogen-bond acceptors (Lipinski definition) is 4. The summed E-state index contributed by atoms with van der Waals surface area (Å²) in [7, 11) is 0. The number of aliphatic hydroxyl groups excluding tert-OH is 1. The first-order valence-electron chi connectivity index (χ1n) is 9.40. The molecule has 1 saturated heterocycles. The van der Waals surface area contributed by atoms with Crippen molar-refractivity contribution in [3.05, 3.63) is 28.3 Å². The maximum absolute atomic E-state index is 12.2. The number of carbonyl (C=O) groups excluding carboxylic acids is 1. The van der Waals surface area contributed by atoms with Crippen LogP contribution in [0.4, 0.5) is 10.5 Å². The van der Waals surface area contributed by atoms with Crippen LogP contribution in [-0.4, -0.2) is 41.4 Å². The number of nitrogens with two attached hydrogens (primary N) is 1. The van der Waals surface area contributed by atoms with Crippen LogP contribution in [0.2, 0.25) is 5.02 Å². The van der Waals surface area contributed by atoms with Gasteiger partial charge in [0.1, 0.15) is 0 Å². The number of amides is 2. The van der Waals surface area contributed by atoms with Crippen molar-refractivity contribution in [1.82, 2.24) is 10.2 Å². The summed E-state index contributed by atoms with van der Waals surface area (Å²) in [5.74, 6) is 0.234. The van der Waals surface area contributed by atoms with Gasteiger partial charge in [0.25, 0.3) is 0 Å². The Balaban J connectivity index is 2.14. The van der Waals surface area contributed by atoms with Crippen LogP contribution in [-0.2, 0) is 0 Å². The average molecular weight is 395 g/mol. The lowest BCUT2D eigenvalue weighted by Crippen LogP contribution is -2.48. The first-order chi connectivity index (χ1) is 12.6. The molecule has 1 aliphatic heterocycles. The van der Waals surface area contributed by atoms with Crippen LogP contribution in [0.3, 0.4) is 0 Å². The topological polar surface area (TPSA) is 102 Å². The number of aliphatic hydroxyl groups is 1. The van der Waals surface area contributed by atoms with Gasteiger partial charge in [0.2, 0.25) is 0 Å². The van der Waals surface area contributed by atoms with E-state index in [0.717, 1.165) is 19.1 Å². The zero-order valence-electron chi connectivity index (χ0n) is 16.6. The van der Waals surface area contributed by atoms with Gasteiger partial charge in [-0.25, -0.2) is 4.79 Å². The quantitative estimate of drug-likeness (QED) is 0.451. The zero-order chi connectivity index (χ0) is 20.4. The van der Waals surface area contributed by atoms with Gasteiger partial charge >= 0.3 is 6.03 Å². The Labute approximate surface area is 166 Å². The van der Waals surface area contributed by atoms with Crippen LogP contribution < -0.4 is 11.1 Å². The number of nitrogen functional groups attached to an aromatic ring is 1. The van der Waals surface area contributed by atoms with Gasteiger partial charge in [-0.1, -0.05) is 25.4 Å². The van der Waals surface area contributed by atoms with E-state index >= 15 is 0 Å². The fraction of sp³-hybridized carbons (Fsp3) is 0.600. The van der Waals surface area contributed by atoms with Crippen molar-refractivity contribution >= 4 is 29.5 Å². The molecule has 0 aromatic heterocycles. The molecule has 2 rings (SSSR count). The molecule has 7 heteroatoms. The number of anilines is 1. The van der Waals surface area contributed by atoms with Gasteiger partial charge in [-0.2, -0.15) is 0 Å². The van der Waals surface area contributed by atoms with Gasteiger partial charge in [0.15, 0.2) is 0 Å². The molecule has 1 aliphatic rings. The Morgan fingerprint density at radius 1 is 1.41 bits per heavy atom. The van der Waals surface area contributed by atoms with Crippen LogP contribution in [0.5, 0.6) is 0 Å². The molecule has 0 radical (unpaired) electrons. The normalized spacial score (nSPS) is 17.1. The fourth-order valence-corrected chi connectivity index (χ4v) is 4.03. The molecule has 1 aromatic rings. The van der Waals surface area contributed by atoms with Gasteiger partial charge in [0, 0.05) is 47.2 Å². The van der Waals surface area contributed by atoms with Crippen molar-refractivity contribution in [2.75, 3.05) is 18.8 Å². The smallest absolute Gasteiger partial charge is 0.317 e. The molecule has 0 bridgehead atoms. The first-order valence-corrected chi connectivity index (χ1v) is 9.78. The van der Waals surface area contributed by atoms with Gasteiger partial charge in [-0.15, -0.1) is 0 Å². The number of carbonyl (C=O) groups is 1. The lowest BCUT2D eigenvalue weighted by molar-refractivity contribution is -0.0147. The van der Waals surface area contributed by atoms with Crippen molar-refractivity contribution in [2.45, 2.75) is 52.7 Å². The largest absolute Gasteiger partial charge is 0.398 e. The van der Waals surface area contributed by atoms with Crippen LogP contribution in [0.25, 0.3) is 0 Å². The molecule has 6 nitrogen and oxygen atoms in total. The summed E-state index contributed by atoms with van der Waals surface area (Å²) in [4.78, 5) is 14.0. The van der Waals surface area contributed by atoms with E-state index in [-0.39, 0.29) is 18.0 Å². The summed E-state index contributed by atoms with van der Waals surface area (Å²) < 4.78 is 0. The summed E-state index contributed by atoms with van der Waals surface area (Å²) in [6, 6.07) is 3.39. The van der Waals surface area contributed by atoms with Crippen molar-refractivity contribution in [2.24, 2.45) is 11.3 Å². The third kappa shape index (κ3) is 4.74. The number of nitrogens with zero attached hydrogens (tertiary/aromatic N) is 1. The molecule has 1 aromatic carbocycles. The number of hydrogen-bond donors (Lipinski definition) is 4. The van der Waals surface area contributed by atoms with Crippen LogP contribution >= 0.6 is 11.6 Å². The van der Waals surface area contributed by atoms with Crippen molar-refractivity contribution in [3.63, 3.8) is 0 Å². The van der Waals surface area contributed by atoms with Crippen LogP contribution in [0.1, 0.15) is 57.8 Å². The lowest BCUT2D eigenvalue weighted by atomic mass is 9.68. The molecule has 1 heterocycles. The van der Waals surface area contributed by atoms with Gasteiger partial charge in [-0.3, -0.25) is 0 Å². The zero-order valence-corrected chi connectivity index (χ0v) is 17.3. The Morgan fingerprint density at radius 2 is 2.00 bits per heavy atom. The molecule has 1 fully saturated rings. The summed E-state index contributed by atoms with van der Waals surface area (Å²) in [6.45, 7) is 9.27. The second-order valence-corrected chi connectivity index (χ2v) is 8.67. The van der Waals surface area contributed by atoms with Gasteiger partial charge in [0.05, 0.1) is 6.10 Å². The average Bonchev–Trinajstić information content (AvgIpc) is 2.62. The molecule has 0 saturated carbocycles. The fourth-order valence-electron chi connectivity index (χ4n) is 3.80. The highest BCUT2D eigenvalue weighted by Gasteiger charge is 2.40. The molecule has 5 N–H and O–H groups in total. The van der Waals surface area contributed by atoms with E-state index in [9.17, 15) is 9.90 Å². The molecule has 0 spiro atoms. The molecular formula is C20H31ClN4O2. The van der Waals surface area contributed by atoms with E-state index in [1.807, 2.05) is 32.6 Å². The van der Waals surface area contributed by atoms with E-state index < -0.39 is 11.5 Å². The standard InChI is InChI=1S/C20H31ClN4O2/c1-12(2)24-19(27)25-7-5-14(6-8-25)20(3,4)18(26)16-10-15(21)9-13(11-22)17(16)23/h9-12,14,18,22,26H,5-8,23H2,1-4H3,(H,24,27). The van der Waals surface area contributed by atoms with Crippen molar-refractivity contribution in [1.29, 1.82) is 5.41 Å². The maximum Gasteiger partial charge on any atom is 0.317 e. The maximum atomic E-state index is 12.2. The molecule has 150 valence electrons. The Morgan fingerprint density at radius 3 is 2.52 bits per heavy atom. The number of rotatable bonds is 5. The summed E-state index contributed by atoms with van der Waals surface area (Å²) in [6.07, 6.45) is 1.97. The van der Waals surface area contributed by atoms with Crippen molar-refractivity contribution in [3.8, 4) is 0 Å². The number of nitrogens with one attached hydrogen (secondary N) is 2. The molecule has 1 unspecified atom stereocenters. The SMILES string of the molecule is CC(C)NC(=O)N1CCC(C(C)(C)C(O)c2cc(Cl)cc(C=N)c2N)CC1. The first kappa shape index (κ1) is 21.5. The highest BCUT2D eigenvalue weighted by atomic mass is 35.5. The van der Waals surface area contributed by atoms with Crippen LogP contribution in [0, 0.1) is 16.7 Å². The van der Waals surface area contributed by atoms with Crippen molar-refractivity contribution < 1.29 is 9.90 Å². The lowest BCUT2D eigenvalue weighted by Gasteiger charge is -2.43. The number of piperidine rings is 1. The number of halogens is 1. The van der Waals surface area contributed by atoms with Crippen LogP contribution in [0.15, 0.2) is 12.1 Å². The Hall–Kier alpha value is -1.79. The third-order valence-corrected chi connectivity index (χ3v) is 5.83. The van der Waals surface area contributed by atoms with E-state index in [0.29, 0.717) is 34.9 Å². The molecular weight excluding hydrogens is 364 g/mol. The molecule has 27 heavy (non-hydrogen) atoms. The van der Waals surface area contributed by atoms with E-state index in [1.54, 1.807) is 12.1 Å². The van der Waals surface area contributed by atoms with Gasteiger partial charge < -0.3 is 26.5 Å². The highest BCUT2D eigenvalue weighted by molar-refractivity contribution is 6.31. The predicted molar refractivity (Wildman–Crippen MR) is 110 cm³/mol. The third-order valence-electron chi connectivity index (χ3n) is 5.61. The summed E-state index contributed by atoms with van der Waals surface area (Å²) in [5.41, 5.74) is 7.18. The molecule has 0 aliphatic carbocycles. The highest BCUT2D eigenvalue weighted by Crippen LogP contribution is 2.46. The number of benzene rings is 1. The van der Waals surface area contributed by atoms with E-state index in [4.69, 9.17) is 22.7 Å². The van der Waals surface area contributed by atoms with Gasteiger partial charge in [-0.05, 0) is 50.2 Å². The van der Waals surface area contributed by atoms with E-state index in [1.165, 1.54) is 0 Å². The van der Waals surface area contributed by atoms with E-state index in [2.05, 4.69) is 5.32 Å². The monoisotopic (exact) mass is 394 g/mol. The minimum absolute atomic E-state index is 0.0310. The number of likely N-dealkylation sites (tertiary alicyclic amines) is 1. The number of urea groups is 1. The Kier molecular flexibility index (Phi) is 6.76. The molecule has 2 amide bonds. The second-order valence-electron chi connectivity index (χ2n) is 8.23. The summed E-state index contributed by atoms with van der Waals surface area (Å²) in [5, 5.41) is 22.0. The second kappa shape index (κ2) is 8.48. The Bertz CT molecular complexity index is 697. The molecule has 1 atom stereocenters. The minimum Gasteiger partial charge on any atom is -0.398 e. The minimum atomic E-state index is -0.809.